The molecule has 9 nitrogen and oxygen atoms in total. The molecular weight excluding hydrogens is 442 g/mol. The Balaban J connectivity index is 1.61. The maximum atomic E-state index is 13.0. The number of aromatic nitrogens is 4. The monoisotopic (exact) mass is 476 g/mol. The Morgan fingerprint density at radius 2 is 2.00 bits per heavy atom. The van der Waals surface area contributed by atoms with Crippen molar-refractivity contribution in [3.05, 3.63) is 40.8 Å². The number of Topliss-reactive ketones (excluding diaryl/α,β-unsaturated/α-hetero) is 1. The molecule has 35 heavy (non-hydrogen) atoms. The van der Waals surface area contributed by atoms with Crippen LogP contribution >= 0.6 is 0 Å². The zero-order chi connectivity index (χ0) is 27.5. The fourth-order valence-corrected chi connectivity index (χ4v) is 4.65. The summed E-state index contributed by atoms with van der Waals surface area (Å²) in [6.45, 7) is 3.60. The molecule has 2 N–H and O–H groups in total. The summed E-state index contributed by atoms with van der Waals surface area (Å²) in [6, 6.07) is 3.56. The van der Waals surface area contributed by atoms with Crippen LogP contribution < -0.4 is 15.5 Å². The van der Waals surface area contributed by atoms with Crippen LogP contribution in [0.4, 0.5) is 23.0 Å². The summed E-state index contributed by atoms with van der Waals surface area (Å²) >= 11 is 0. The van der Waals surface area contributed by atoms with Gasteiger partial charge >= 0.3 is 0 Å². The van der Waals surface area contributed by atoms with Crippen LogP contribution in [0.2, 0.25) is 0 Å². The van der Waals surface area contributed by atoms with Crippen molar-refractivity contribution in [1.82, 2.24) is 19.7 Å². The van der Waals surface area contributed by atoms with Crippen molar-refractivity contribution >= 4 is 34.7 Å². The Labute approximate surface area is 209 Å². The molecule has 1 amide bonds. The average molecular weight is 477 g/mol. The number of aryl methyl sites for hydroxylation is 2. The molecule has 0 unspecified atom stereocenters. The molecule has 0 bridgehead atoms. The van der Waals surface area contributed by atoms with Crippen LogP contribution in [0.15, 0.2) is 18.3 Å². The highest BCUT2D eigenvalue weighted by Crippen LogP contribution is 2.48. The zero-order valence-electron chi connectivity index (χ0n) is 23.6. The lowest BCUT2D eigenvalue weighted by Crippen LogP contribution is -2.27. The van der Waals surface area contributed by atoms with E-state index in [4.69, 9.17) is 14.2 Å². The van der Waals surface area contributed by atoms with E-state index in [2.05, 4.69) is 27.4 Å². The number of fused-ring (bicyclic) bond motifs is 3. The third-order valence-corrected chi connectivity index (χ3v) is 6.93. The van der Waals surface area contributed by atoms with Crippen molar-refractivity contribution in [3.63, 3.8) is 0 Å². The fourth-order valence-electron chi connectivity index (χ4n) is 4.65. The van der Waals surface area contributed by atoms with Gasteiger partial charge < -0.3 is 15.5 Å². The lowest BCUT2D eigenvalue weighted by molar-refractivity contribution is -0.117. The van der Waals surface area contributed by atoms with E-state index < -0.39 is 19.1 Å². The predicted octanol–water partition coefficient (Wildman–Crippen LogP) is 4.69. The van der Waals surface area contributed by atoms with Gasteiger partial charge in [-0.2, -0.15) is 5.10 Å². The van der Waals surface area contributed by atoms with Gasteiger partial charge in [0.1, 0.15) is 11.5 Å². The van der Waals surface area contributed by atoms with Crippen LogP contribution in [-0.2, 0) is 11.8 Å². The zero-order valence-corrected chi connectivity index (χ0v) is 20.6. The van der Waals surface area contributed by atoms with E-state index in [0.29, 0.717) is 11.5 Å². The van der Waals surface area contributed by atoms with Crippen LogP contribution in [-0.4, -0.2) is 38.5 Å². The van der Waals surface area contributed by atoms with E-state index in [1.54, 1.807) is 6.07 Å². The smallest absolute Gasteiger partial charge is 0.228 e. The molecule has 1 fully saturated rings. The molecule has 1 aliphatic carbocycles. The summed E-state index contributed by atoms with van der Waals surface area (Å²) in [5.74, 6) is 0.0490. The van der Waals surface area contributed by atoms with Gasteiger partial charge in [-0.05, 0) is 39.7 Å². The summed E-state index contributed by atoms with van der Waals surface area (Å²) in [5, 5.41) is 10.9. The molecule has 9 heteroatoms. The molecule has 182 valence electrons. The number of carbonyl (C=O) groups excluding carboxylic acids is 2. The van der Waals surface area contributed by atoms with Gasteiger partial charge in [-0.15, -0.1) is 0 Å². The number of hydrogen-bond donors (Lipinski definition) is 2. The highest BCUT2D eigenvalue weighted by atomic mass is 16.2. The molecule has 0 aromatic carbocycles. The highest BCUT2D eigenvalue weighted by Gasteiger charge is 2.34. The first-order chi connectivity index (χ1) is 17.8. The van der Waals surface area contributed by atoms with Crippen molar-refractivity contribution < 1.29 is 13.7 Å². The topological polar surface area (TPSA) is 105 Å². The van der Waals surface area contributed by atoms with Crippen molar-refractivity contribution in [2.75, 3.05) is 22.6 Å². The number of carbonyl (C=O) groups is 2. The maximum Gasteiger partial charge on any atom is 0.228 e. The van der Waals surface area contributed by atoms with Gasteiger partial charge in [0, 0.05) is 65.3 Å². The third-order valence-electron chi connectivity index (χ3n) is 6.93. The fraction of sp³-hybridized carbons (Fsp3) is 0.423. The first-order valence-corrected chi connectivity index (χ1v) is 11.7. The van der Waals surface area contributed by atoms with E-state index in [9.17, 15) is 9.59 Å². The van der Waals surface area contributed by atoms with Crippen molar-refractivity contribution in [3.8, 4) is 11.3 Å². The van der Waals surface area contributed by atoms with Gasteiger partial charge in [0.05, 0.1) is 23.0 Å². The standard InChI is InChI=1S/C26H31N7O2/c1-7-20(34)18-12-27-21(30-26(35)16-8-9-16)11-19(18)29-25-24-17(10-13(2)28-25)23-22(14(3)32(24)5)15(4)33(6)31-23/h10-12,14,16H,7-9H2,1-6H3,(H2,27,28,29,30,35)/t14-/m1/s1/i1D3. The van der Waals surface area contributed by atoms with Crippen LogP contribution in [0.1, 0.15) is 70.5 Å². The van der Waals surface area contributed by atoms with Crippen molar-refractivity contribution in [2.45, 2.75) is 52.9 Å². The minimum atomic E-state index is -2.43. The van der Waals surface area contributed by atoms with Crippen LogP contribution in [0.5, 0.6) is 0 Å². The van der Waals surface area contributed by atoms with Crippen LogP contribution in [0.3, 0.4) is 0 Å². The second kappa shape index (κ2) is 8.48. The highest BCUT2D eigenvalue weighted by molar-refractivity contribution is 6.03. The first-order valence-electron chi connectivity index (χ1n) is 13.2. The summed E-state index contributed by atoms with van der Waals surface area (Å²) in [6.07, 6.45) is 2.35. The second-order valence-electron chi connectivity index (χ2n) is 9.37. The van der Waals surface area contributed by atoms with Crippen molar-refractivity contribution in [1.29, 1.82) is 0 Å². The number of ketones is 1. The van der Waals surface area contributed by atoms with E-state index >= 15 is 0 Å². The third kappa shape index (κ3) is 3.94. The van der Waals surface area contributed by atoms with Crippen LogP contribution in [0, 0.1) is 19.8 Å². The number of nitrogens with one attached hydrogen (secondary N) is 2. The van der Waals surface area contributed by atoms with Gasteiger partial charge in [-0.1, -0.05) is 6.85 Å². The SMILES string of the molecule is [2H]C([2H])([2H])CC(=O)c1cnc(NC(=O)C2CC2)cc1Nc1nc(C)cc2c1N(C)[C@H](C)c1c-2nn(C)c1C. The van der Waals surface area contributed by atoms with Gasteiger partial charge in [-0.25, -0.2) is 9.97 Å². The summed E-state index contributed by atoms with van der Waals surface area (Å²) in [5.41, 5.74) is 6.00. The molecule has 0 saturated heterocycles. The minimum Gasteiger partial charge on any atom is -0.364 e. The molecule has 1 atom stereocenters. The quantitative estimate of drug-likeness (QED) is 0.497. The normalized spacial score (nSPS) is 18.1. The summed E-state index contributed by atoms with van der Waals surface area (Å²) < 4.78 is 24.6. The Morgan fingerprint density at radius 1 is 1.23 bits per heavy atom. The molecule has 1 saturated carbocycles. The molecule has 4 heterocycles. The number of hydrogen-bond acceptors (Lipinski definition) is 7. The van der Waals surface area contributed by atoms with Crippen molar-refractivity contribution in [2.24, 2.45) is 13.0 Å². The molecule has 1 aliphatic heterocycles. The molecule has 0 radical (unpaired) electrons. The molecule has 3 aromatic heterocycles. The van der Waals surface area contributed by atoms with Gasteiger partial charge in [0.2, 0.25) is 5.91 Å². The molecular formula is C26H31N7O2. The maximum absolute atomic E-state index is 13.0. The Kier molecular flexibility index (Phi) is 4.73. The number of amides is 1. The van der Waals surface area contributed by atoms with E-state index in [1.807, 2.05) is 38.7 Å². The number of pyridine rings is 2. The van der Waals surface area contributed by atoms with Gasteiger partial charge in [0.25, 0.3) is 0 Å². The minimum absolute atomic E-state index is 0.0127. The number of nitrogens with zero attached hydrogens (tertiary/aromatic N) is 5. The predicted molar refractivity (Wildman–Crippen MR) is 136 cm³/mol. The number of anilines is 4. The van der Waals surface area contributed by atoms with E-state index in [1.165, 1.54) is 6.20 Å². The summed E-state index contributed by atoms with van der Waals surface area (Å²) in [4.78, 5) is 36.5. The second-order valence-corrected chi connectivity index (χ2v) is 9.37. The molecule has 3 aromatic rings. The first kappa shape index (κ1) is 19.5. The van der Waals surface area contributed by atoms with Crippen LogP contribution in [0.25, 0.3) is 11.3 Å². The lowest BCUT2D eigenvalue weighted by Gasteiger charge is -2.35. The van der Waals surface area contributed by atoms with Gasteiger partial charge in [0.15, 0.2) is 11.6 Å². The summed E-state index contributed by atoms with van der Waals surface area (Å²) in [7, 11) is 3.90. The Bertz CT molecular complexity index is 1460. The van der Waals surface area contributed by atoms with E-state index in [0.717, 1.165) is 46.7 Å². The molecule has 0 spiro atoms. The number of rotatable bonds is 6. The molecule has 2 aliphatic rings. The average Bonchev–Trinajstić information content (AvgIpc) is 3.62. The van der Waals surface area contributed by atoms with E-state index in [-0.39, 0.29) is 29.2 Å². The lowest BCUT2D eigenvalue weighted by atomic mass is 9.93. The Hall–Kier alpha value is -3.75. The molecule has 5 rings (SSSR count). The largest absolute Gasteiger partial charge is 0.364 e. The van der Waals surface area contributed by atoms with Gasteiger partial charge in [-0.3, -0.25) is 14.3 Å². The Morgan fingerprint density at radius 3 is 2.71 bits per heavy atom.